The van der Waals surface area contributed by atoms with Crippen molar-refractivity contribution in [1.82, 2.24) is 9.80 Å². The Morgan fingerprint density at radius 1 is 1.53 bits per heavy atom. The topological polar surface area (TPSA) is 49.6 Å². The highest BCUT2D eigenvalue weighted by Crippen LogP contribution is 2.26. The Kier molecular flexibility index (Phi) is 4.49. The molecule has 0 spiro atoms. The number of nitrogens with two attached hydrogens (primary N) is 1. The summed E-state index contributed by atoms with van der Waals surface area (Å²) in [6, 6.07) is 0.389. The summed E-state index contributed by atoms with van der Waals surface area (Å²) < 4.78 is 0. The summed E-state index contributed by atoms with van der Waals surface area (Å²) in [5.74, 6) is 0.0763. The smallest absolute Gasteiger partial charge is 0.235 e. The molecule has 1 saturated heterocycles. The van der Waals surface area contributed by atoms with Gasteiger partial charge in [-0.05, 0) is 27.3 Å². The van der Waals surface area contributed by atoms with Gasteiger partial charge in [0.1, 0.15) is 0 Å². The van der Waals surface area contributed by atoms with Crippen LogP contribution in [0.3, 0.4) is 0 Å². The van der Waals surface area contributed by atoms with Crippen molar-refractivity contribution >= 4 is 23.1 Å². The number of amides is 1. The van der Waals surface area contributed by atoms with E-state index in [1.807, 2.05) is 18.7 Å². The molecule has 2 atom stereocenters. The van der Waals surface area contributed by atoms with Crippen molar-refractivity contribution in [2.24, 2.45) is 11.1 Å². The predicted molar refractivity (Wildman–Crippen MR) is 73.9 cm³/mol. The van der Waals surface area contributed by atoms with Crippen LogP contribution in [0.1, 0.15) is 27.2 Å². The summed E-state index contributed by atoms with van der Waals surface area (Å²) in [5, 5.41) is 0. The summed E-state index contributed by atoms with van der Waals surface area (Å²) in [5.41, 5.74) is 5.04. The third kappa shape index (κ3) is 2.77. The SMILES string of the molecule is CCC(C)(C(=O)N1CCN(C)C(C)C1)C(N)=S. The normalized spacial score (nSPS) is 25.4. The molecule has 0 radical (unpaired) electrons. The highest BCUT2D eigenvalue weighted by Gasteiger charge is 2.39. The van der Waals surface area contributed by atoms with Crippen LogP contribution in [-0.2, 0) is 4.79 Å². The van der Waals surface area contributed by atoms with Crippen molar-refractivity contribution in [3.05, 3.63) is 0 Å². The Bertz CT molecular complexity index is 321. The van der Waals surface area contributed by atoms with Crippen LogP contribution >= 0.6 is 12.2 Å². The van der Waals surface area contributed by atoms with Crippen LogP contribution in [0.5, 0.6) is 0 Å². The van der Waals surface area contributed by atoms with Crippen LogP contribution in [0.25, 0.3) is 0 Å². The van der Waals surface area contributed by atoms with E-state index in [1.54, 1.807) is 0 Å². The second kappa shape index (κ2) is 5.31. The monoisotopic (exact) mass is 257 g/mol. The van der Waals surface area contributed by atoms with Crippen LogP contribution in [0.2, 0.25) is 0 Å². The number of carbonyl (C=O) groups excluding carboxylic acids is 1. The van der Waals surface area contributed by atoms with E-state index in [-0.39, 0.29) is 5.91 Å². The third-order valence-corrected chi connectivity index (χ3v) is 4.42. The molecule has 0 aliphatic carbocycles. The van der Waals surface area contributed by atoms with E-state index in [4.69, 9.17) is 18.0 Å². The van der Waals surface area contributed by atoms with Gasteiger partial charge >= 0.3 is 0 Å². The maximum atomic E-state index is 12.5. The standard InChI is InChI=1S/C12H23N3OS/c1-5-12(3,10(13)17)11(16)15-7-6-14(4)9(2)8-15/h9H,5-8H2,1-4H3,(H2,13,17). The van der Waals surface area contributed by atoms with Crippen LogP contribution in [-0.4, -0.2) is 53.4 Å². The van der Waals surface area contributed by atoms with Crippen LogP contribution in [0, 0.1) is 5.41 Å². The van der Waals surface area contributed by atoms with Gasteiger partial charge < -0.3 is 15.5 Å². The molecule has 5 heteroatoms. The minimum Gasteiger partial charge on any atom is -0.392 e. The Hall–Kier alpha value is -0.680. The number of nitrogens with zero attached hydrogens (tertiary/aromatic N) is 2. The second-order valence-corrected chi connectivity index (χ2v) is 5.57. The van der Waals surface area contributed by atoms with E-state index in [2.05, 4.69) is 18.9 Å². The minimum atomic E-state index is -0.690. The fraction of sp³-hybridized carbons (Fsp3) is 0.833. The molecule has 1 rings (SSSR count). The zero-order valence-electron chi connectivity index (χ0n) is 11.2. The Labute approximate surface area is 109 Å². The largest absolute Gasteiger partial charge is 0.392 e. The van der Waals surface area contributed by atoms with E-state index >= 15 is 0 Å². The van der Waals surface area contributed by atoms with Crippen molar-refractivity contribution in [3.63, 3.8) is 0 Å². The molecule has 0 bridgehead atoms. The van der Waals surface area contributed by atoms with Crippen molar-refractivity contribution in [2.45, 2.75) is 33.2 Å². The first kappa shape index (κ1) is 14.4. The van der Waals surface area contributed by atoms with E-state index in [1.165, 1.54) is 0 Å². The number of rotatable bonds is 3. The maximum absolute atomic E-state index is 12.5. The van der Waals surface area contributed by atoms with Gasteiger partial charge in [0.2, 0.25) is 5.91 Å². The number of likely N-dealkylation sites (N-methyl/N-ethyl adjacent to an activating group) is 1. The summed E-state index contributed by atoms with van der Waals surface area (Å²) >= 11 is 5.05. The van der Waals surface area contributed by atoms with Crippen LogP contribution in [0.15, 0.2) is 0 Å². The van der Waals surface area contributed by atoms with Crippen molar-refractivity contribution < 1.29 is 4.79 Å². The van der Waals surface area contributed by atoms with Crippen molar-refractivity contribution in [2.75, 3.05) is 26.7 Å². The summed E-state index contributed by atoms with van der Waals surface area (Å²) in [6.45, 7) is 8.36. The van der Waals surface area contributed by atoms with Gasteiger partial charge in [-0.3, -0.25) is 4.79 Å². The molecule has 2 N–H and O–H groups in total. The zero-order chi connectivity index (χ0) is 13.2. The minimum absolute atomic E-state index is 0.0763. The fourth-order valence-corrected chi connectivity index (χ4v) is 2.24. The van der Waals surface area contributed by atoms with Crippen LogP contribution in [0.4, 0.5) is 0 Å². The molecule has 1 aliphatic rings. The van der Waals surface area contributed by atoms with Crippen molar-refractivity contribution in [1.29, 1.82) is 0 Å². The van der Waals surface area contributed by atoms with Gasteiger partial charge in [-0.25, -0.2) is 0 Å². The number of thiocarbonyl (C=S) groups is 1. The molecule has 4 nitrogen and oxygen atoms in total. The molecule has 0 saturated carbocycles. The lowest BCUT2D eigenvalue weighted by molar-refractivity contribution is -0.140. The number of hydrogen-bond donors (Lipinski definition) is 1. The molecule has 2 unspecified atom stereocenters. The zero-order valence-corrected chi connectivity index (χ0v) is 12.0. The molecule has 0 aromatic rings. The second-order valence-electron chi connectivity index (χ2n) is 5.13. The lowest BCUT2D eigenvalue weighted by Gasteiger charge is -2.41. The molecule has 1 aliphatic heterocycles. The average molecular weight is 257 g/mol. The molecule has 98 valence electrons. The highest BCUT2D eigenvalue weighted by molar-refractivity contribution is 7.80. The Morgan fingerprint density at radius 3 is 2.53 bits per heavy atom. The van der Waals surface area contributed by atoms with Gasteiger partial charge in [-0.15, -0.1) is 0 Å². The lowest BCUT2D eigenvalue weighted by Crippen LogP contribution is -2.57. The summed E-state index contributed by atoms with van der Waals surface area (Å²) in [7, 11) is 2.08. The van der Waals surface area contributed by atoms with Gasteiger partial charge in [0.05, 0.1) is 10.4 Å². The lowest BCUT2D eigenvalue weighted by atomic mass is 9.85. The first-order valence-corrected chi connectivity index (χ1v) is 6.53. The van der Waals surface area contributed by atoms with E-state index in [9.17, 15) is 4.79 Å². The molecule has 0 aromatic heterocycles. The van der Waals surface area contributed by atoms with Gasteiger partial charge in [0.25, 0.3) is 0 Å². The van der Waals surface area contributed by atoms with Gasteiger partial charge in [0.15, 0.2) is 0 Å². The average Bonchev–Trinajstić information content (AvgIpc) is 2.30. The molecule has 1 amide bonds. The molecule has 17 heavy (non-hydrogen) atoms. The van der Waals surface area contributed by atoms with Gasteiger partial charge in [0, 0.05) is 25.7 Å². The number of carbonyl (C=O) groups is 1. The fourth-order valence-electron chi connectivity index (χ4n) is 2.01. The van der Waals surface area contributed by atoms with Crippen molar-refractivity contribution in [3.8, 4) is 0 Å². The van der Waals surface area contributed by atoms with E-state index in [0.29, 0.717) is 17.5 Å². The Morgan fingerprint density at radius 2 is 2.12 bits per heavy atom. The maximum Gasteiger partial charge on any atom is 0.235 e. The number of piperazine rings is 1. The first-order chi connectivity index (χ1) is 7.82. The van der Waals surface area contributed by atoms with Crippen LogP contribution < -0.4 is 5.73 Å². The highest BCUT2D eigenvalue weighted by atomic mass is 32.1. The van der Waals surface area contributed by atoms with E-state index < -0.39 is 5.41 Å². The molecular formula is C12H23N3OS. The summed E-state index contributed by atoms with van der Waals surface area (Å²) in [4.78, 5) is 16.9. The Balaban J connectivity index is 2.80. The van der Waals surface area contributed by atoms with E-state index in [0.717, 1.165) is 19.6 Å². The molecule has 1 fully saturated rings. The predicted octanol–water partition coefficient (Wildman–Crippen LogP) is 0.851. The number of hydrogen-bond acceptors (Lipinski definition) is 3. The third-order valence-electron chi connectivity index (χ3n) is 3.97. The molecule has 0 aromatic carbocycles. The van der Waals surface area contributed by atoms with Gasteiger partial charge in [-0.2, -0.15) is 0 Å². The molecular weight excluding hydrogens is 234 g/mol. The van der Waals surface area contributed by atoms with Gasteiger partial charge in [-0.1, -0.05) is 19.1 Å². The quantitative estimate of drug-likeness (QED) is 0.762. The molecule has 1 heterocycles. The first-order valence-electron chi connectivity index (χ1n) is 6.12. The summed E-state index contributed by atoms with van der Waals surface area (Å²) in [6.07, 6.45) is 0.655.